The Morgan fingerprint density at radius 3 is 2.52 bits per heavy atom. The molecule has 6 heteroatoms. The van der Waals surface area contributed by atoms with Crippen LogP contribution < -0.4 is 14.4 Å². The minimum atomic E-state index is -0.443. The van der Waals surface area contributed by atoms with E-state index in [2.05, 4.69) is 17.0 Å². The summed E-state index contributed by atoms with van der Waals surface area (Å²) in [6.45, 7) is 1.45. The molecular formula is C21H22N2O4. The Labute approximate surface area is 158 Å². The number of carbonyl (C=O) groups excluding carboxylic acids is 2. The topological polar surface area (TPSA) is 59.1 Å². The molecule has 1 unspecified atom stereocenters. The first-order chi connectivity index (χ1) is 13.1. The van der Waals surface area contributed by atoms with E-state index in [-0.39, 0.29) is 18.2 Å². The number of methoxy groups -OCH3 is 2. The molecule has 4 rings (SSSR count). The lowest BCUT2D eigenvalue weighted by atomic mass is 9.98. The molecule has 0 aliphatic carbocycles. The Balaban J connectivity index is 1.62. The third kappa shape index (κ3) is 3.06. The van der Waals surface area contributed by atoms with Crippen molar-refractivity contribution in [3.05, 3.63) is 53.6 Å². The Bertz CT molecular complexity index is 896. The van der Waals surface area contributed by atoms with Gasteiger partial charge in [0.2, 0.25) is 5.91 Å². The molecule has 2 aromatic rings. The van der Waals surface area contributed by atoms with Gasteiger partial charge in [-0.05, 0) is 29.7 Å². The maximum absolute atomic E-state index is 13.2. The number of carbonyl (C=O) groups is 2. The summed E-state index contributed by atoms with van der Waals surface area (Å²) in [6.07, 6.45) is 1.07. The second-order valence-electron chi connectivity index (χ2n) is 6.81. The Hall–Kier alpha value is -2.86. The second-order valence-corrected chi connectivity index (χ2v) is 6.81. The fourth-order valence-electron chi connectivity index (χ4n) is 3.91. The van der Waals surface area contributed by atoms with Crippen LogP contribution in [0.15, 0.2) is 42.5 Å². The lowest BCUT2D eigenvalue weighted by Crippen LogP contribution is -2.44. The van der Waals surface area contributed by atoms with Crippen molar-refractivity contribution >= 4 is 17.5 Å². The number of imide groups is 1. The van der Waals surface area contributed by atoms with Gasteiger partial charge >= 0.3 is 0 Å². The second kappa shape index (κ2) is 7.04. The van der Waals surface area contributed by atoms with Crippen LogP contribution in [0, 0.1) is 0 Å². The molecular weight excluding hydrogens is 344 g/mol. The Morgan fingerprint density at radius 2 is 1.78 bits per heavy atom. The maximum Gasteiger partial charge on any atom is 0.251 e. The van der Waals surface area contributed by atoms with Crippen LogP contribution in [0.4, 0.5) is 5.69 Å². The van der Waals surface area contributed by atoms with Crippen LogP contribution in [-0.4, -0.2) is 43.5 Å². The molecule has 2 aliphatic rings. The third-order valence-corrected chi connectivity index (χ3v) is 5.35. The van der Waals surface area contributed by atoms with Gasteiger partial charge < -0.3 is 9.47 Å². The standard InChI is InChI=1S/C21H22N2O4/c1-26-16-7-8-19(27-2)17(11-16)23-20(24)12-18(21(23)25)22-10-9-14-5-3-4-6-15(14)13-22/h3-8,11,18H,9-10,12-13H2,1-2H3. The Kier molecular flexibility index (Phi) is 4.58. The van der Waals surface area contributed by atoms with Gasteiger partial charge in [0.1, 0.15) is 11.5 Å². The highest BCUT2D eigenvalue weighted by Gasteiger charge is 2.44. The summed E-state index contributed by atoms with van der Waals surface area (Å²) < 4.78 is 10.6. The van der Waals surface area contributed by atoms with Gasteiger partial charge in [-0.25, -0.2) is 4.90 Å². The molecule has 0 bridgehead atoms. The summed E-state index contributed by atoms with van der Waals surface area (Å²) in [6, 6.07) is 12.9. The largest absolute Gasteiger partial charge is 0.497 e. The highest BCUT2D eigenvalue weighted by Crippen LogP contribution is 2.37. The Morgan fingerprint density at radius 1 is 1.00 bits per heavy atom. The minimum Gasteiger partial charge on any atom is -0.497 e. The minimum absolute atomic E-state index is 0.182. The molecule has 0 saturated carbocycles. The van der Waals surface area contributed by atoms with Gasteiger partial charge in [0.25, 0.3) is 5.91 Å². The van der Waals surface area contributed by atoms with Crippen LogP contribution in [0.2, 0.25) is 0 Å². The number of nitrogens with zero attached hydrogens (tertiary/aromatic N) is 2. The average molecular weight is 366 g/mol. The predicted octanol–water partition coefficient (Wildman–Crippen LogP) is 2.39. The summed E-state index contributed by atoms with van der Waals surface area (Å²) in [5.41, 5.74) is 2.98. The zero-order valence-electron chi connectivity index (χ0n) is 15.5. The van der Waals surface area contributed by atoms with Crippen molar-refractivity contribution in [1.82, 2.24) is 4.90 Å². The zero-order chi connectivity index (χ0) is 19.0. The van der Waals surface area contributed by atoms with E-state index in [1.807, 2.05) is 12.1 Å². The highest BCUT2D eigenvalue weighted by molar-refractivity contribution is 6.23. The van der Waals surface area contributed by atoms with Crippen molar-refractivity contribution in [2.75, 3.05) is 25.7 Å². The van der Waals surface area contributed by atoms with Crippen molar-refractivity contribution in [3.63, 3.8) is 0 Å². The van der Waals surface area contributed by atoms with Crippen LogP contribution in [0.3, 0.4) is 0 Å². The number of amides is 2. The van der Waals surface area contributed by atoms with Gasteiger partial charge in [-0.2, -0.15) is 0 Å². The van der Waals surface area contributed by atoms with Crippen LogP contribution in [-0.2, 0) is 22.6 Å². The summed E-state index contributed by atoms with van der Waals surface area (Å²) in [5, 5.41) is 0. The van der Waals surface area contributed by atoms with Crippen LogP contribution >= 0.6 is 0 Å². The van der Waals surface area contributed by atoms with Gasteiger partial charge in [-0.1, -0.05) is 24.3 Å². The monoisotopic (exact) mass is 366 g/mol. The van der Waals surface area contributed by atoms with Gasteiger partial charge in [-0.3, -0.25) is 14.5 Å². The van der Waals surface area contributed by atoms with Crippen molar-refractivity contribution in [2.45, 2.75) is 25.4 Å². The first-order valence-electron chi connectivity index (χ1n) is 9.02. The number of fused-ring (bicyclic) bond motifs is 1. The highest BCUT2D eigenvalue weighted by atomic mass is 16.5. The number of hydrogen-bond acceptors (Lipinski definition) is 5. The molecule has 2 amide bonds. The molecule has 1 fully saturated rings. The van der Waals surface area contributed by atoms with Crippen LogP contribution in [0.5, 0.6) is 11.5 Å². The summed E-state index contributed by atoms with van der Waals surface area (Å²) in [7, 11) is 3.07. The van der Waals surface area contributed by atoms with E-state index in [0.29, 0.717) is 23.7 Å². The van der Waals surface area contributed by atoms with Crippen molar-refractivity contribution in [3.8, 4) is 11.5 Å². The van der Waals surface area contributed by atoms with E-state index in [1.54, 1.807) is 25.3 Å². The smallest absolute Gasteiger partial charge is 0.251 e. The molecule has 0 radical (unpaired) electrons. The summed E-state index contributed by atoms with van der Waals surface area (Å²) in [5.74, 6) is 0.630. The average Bonchev–Trinajstić information content (AvgIpc) is 3.01. The van der Waals surface area contributed by atoms with Crippen molar-refractivity contribution < 1.29 is 19.1 Å². The number of benzene rings is 2. The molecule has 2 heterocycles. The van der Waals surface area contributed by atoms with Gasteiger partial charge in [0, 0.05) is 19.2 Å². The molecule has 1 atom stereocenters. The molecule has 0 N–H and O–H groups in total. The molecule has 0 aromatic heterocycles. The molecule has 140 valence electrons. The van der Waals surface area contributed by atoms with Gasteiger partial charge in [-0.15, -0.1) is 0 Å². The van der Waals surface area contributed by atoms with E-state index in [1.165, 1.54) is 23.1 Å². The van der Waals surface area contributed by atoms with Gasteiger partial charge in [0.15, 0.2) is 0 Å². The number of rotatable bonds is 4. The zero-order valence-corrected chi connectivity index (χ0v) is 15.5. The first kappa shape index (κ1) is 17.5. The lowest BCUT2D eigenvalue weighted by Gasteiger charge is -2.32. The number of hydrogen-bond donors (Lipinski definition) is 0. The van der Waals surface area contributed by atoms with E-state index < -0.39 is 6.04 Å². The lowest BCUT2D eigenvalue weighted by molar-refractivity contribution is -0.123. The predicted molar refractivity (Wildman–Crippen MR) is 101 cm³/mol. The molecule has 1 saturated heterocycles. The normalized spacial score (nSPS) is 19.9. The van der Waals surface area contributed by atoms with Crippen molar-refractivity contribution in [2.24, 2.45) is 0 Å². The number of anilines is 1. The molecule has 27 heavy (non-hydrogen) atoms. The van der Waals surface area contributed by atoms with E-state index >= 15 is 0 Å². The van der Waals surface area contributed by atoms with Gasteiger partial charge in [0.05, 0.1) is 32.4 Å². The fourth-order valence-corrected chi connectivity index (χ4v) is 3.91. The quantitative estimate of drug-likeness (QED) is 0.778. The molecule has 2 aromatic carbocycles. The van der Waals surface area contributed by atoms with E-state index in [9.17, 15) is 9.59 Å². The van der Waals surface area contributed by atoms with Crippen LogP contribution in [0.1, 0.15) is 17.5 Å². The summed E-state index contributed by atoms with van der Waals surface area (Å²) in [4.78, 5) is 29.2. The third-order valence-electron chi connectivity index (χ3n) is 5.35. The van der Waals surface area contributed by atoms with Crippen molar-refractivity contribution in [1.29, 1.82) is 0 Å². The maximum atomic E-state index is 13.2. The molecule has 0 spiro atoms. The summed E-state index contributed by atoms with van der Waals surface area (Å²) >= 11 is 0. The van der Waals surface area contributed by atoms with Crippen LogP contribution in [0.25, 0.3) is 0 Å². The molecule has 6 nitrogen and oxygen atoms in total. The van der Waals surface area contributed by atoms with E-state index in [0.717, 1.165) is 13.0 Å². The number of ether oxygens (including phenoxy) is 2. The fraction of sp³-hybridized carbons (Fsp3) is 0.333. The van der Waals surface area contributed by atoms with E-state index in [4.69, 9.17) is 9.47 Å². The first-order valence-corrected chi connectivity index (χ1v) is 9.02. The molecule has 2 aliphatic heterocycles. The SMILES string of the molecule is COc1ccc(OC)c(N2C(=O)CC(N3CCc4ccccc4C3)C2=O)c1.